The Morgan fingerprint density at radius 3 is 2.48 bits per heavy atom. The molecule has 1 heterocycles. The number of benzene rings is 3. The quantitative estimate of drug-likeness (QED) is 0.352. The predicted octanol–water partition coefficient (Wildman–Crippen LogP) is 6.05. The van der Waals surface area contributed by atoms with Crippen molar-refractivity contribution in [3.63, 3.8) is 0 Å². The summed E-state index contributed by atoms with van der Waals surface area (Å²) in [4.78, 5) is 42.7. The molecule has 3 amide bonds. The van der Waals surface area contributed by atoms with Crippen molar-refractivity contribution in [2.45, 2.75) is 52.2 Å². The van der Waals surface area contributed by atoms with Crippen LogP contribution in [0.25, 0.3) is 10.8 Å². The van der Waals surface area contributed by atoms with Crippen LogP contribution in [0.15, 0.2) is 60.7 Å². The first kappa shape index (κ1) is 29.2. The average Bonchev–Trinajstić information content (AvgIpc) is 2.90. The number of anilines is 1. The maximum absolute atomic E-state index is 13.5. The first-order valence-corrected chi connectivity index (χ1v) is 13.8. The van der Waals surface area contributed by atoms with Gasteiger partial charge in [-0.05, 0) is 80.8 Å². The molecule has 40 heavy (non-hydrogen) atoms. The van der Waals surface area contributed by atoms with Crippen LogP contribution in [0.5, 0.6) is 5.75 Å². The summed E-state index contributed by atoms with van der Waals surface area (Å²) in [6, 6.07) is 18.1. The van der Waals surface area contributed by atoms with E-state index in [9.17, 15) is 14.4 Å². The van der Waals surface area contributed by atoms with E-state index in [1.54, 1.807) is 31.7 Å². The van der Waals surface area contributed by atoms with Gasteiger partial charge in [0.25, 0.3) is 0 Å². The Morgan fingerprint density at radius 1 is 1.00 bits per heavy atom. The number of rotatable bonds is 7. The summed E-state index contributed by atoms with van der Waals surface area (Å²) in [5.74, 6) is 0.194. The van der Waals surface area contributed by atoms with Crippen LogP contribution >= 0.6 is 11.6 Å². The van der Waals surface area contributed by atoms with Gasteiger partial charge >= 0.3 is 6.09 Å². The summed E-state index contributed by atoms with van der Waals surface area (Å²) in [6.07, 6.45) is 0.181. The number of carbonyl (C=O) groups is 3. The highest BCUT2D eigenvalue weighted by Gasteiger charge is 2.38. The van der Waals surface area contributed by atoms with Gasteiger partial charge in [0.05, 0.1) is 13.2 Å². The monoisotopic (exact) mass is 565 g/mol. The van der Waals surface area contributed by atoms with Crippen LogP contribution < -0.4 is 10.1 Å². The highest BCUT2D eigenvalue weighted by atomic mass is 35.5. The molecule has 1 fully saturated rings. The third-order valence-corrected chi connectivity index (χ3v) is 6.84. The molecule has 1 saturated heterocycles. The van der Waals surface area contributed by atoms with Crippen LogP contribution in [0.4, 0.5) is 10.5 Å². The second kappa shape index (κ2) is 12.6. The van der Waals surface area contributed by atoms with Gasteiger partial charge in [0.2, 0.25) is 11.8 Å². The van der Waals surface area contributed by atoms with Crippen molar-refractivity contribution < 1.29 is 23.9 Å². The van der Waals surface area contributed by atoms with Crippen LogP contribution in [0.3, 0.4) is 0 Å². The van der Waals surface area contributed by atoms with E-state index < -0.39 is 17.7 Å². The van der Waals surface area contributed by atoms with E-state index in [-0.39, 0.29) is 37.9 Å². The molecule has 4 rings (SSSR count). The lowest BCUT2D eigenvalue weighted by molar-refractivity contribution is -0.142. The molecular formula is C31H36ClN3O5. The Balaban J connectivity index is 1.43. The van der Waals surface area contributed by atoms with Crippen LogP contribution in [-0.2, 0) is 14.3 Å². The fourth-order valence-corrected chi connectivity index (χ4v) is 4.84. The lowest BCUT2D eigenvalue weighted by Crippen LogP contribution is -2.61. The molecule has 0 saturated carbocycles. The summed E-state index contributed by atoms with van der Waals surface area (Å²) >= 11 is 6.01. The molecule has 3 aromatic rings. The van der Waals surface area contributed by atoms with Crippen LogP contribution in [0, 0.1) is 6.92 Å². The average molecular weight is 566 g/mol. The molecule has 0 radical (unpaired) electrons. The smallest absolute Gasteiger partial charge is 0.410 e. The number of fused-ring (bicyclic) bond motifs is 1. The molecule has 0 bridgehead atoms. The summed E-state index contributed by atoms with van der Waals surface area (Å²) < 4.78 is 11.4. The second-order valence-electron chi connectivity index (χ2n) is 10.9. The number of piperazine rings is 1. The van der Waals surface area contributed by atoms with Crippen LogP contribution in [0.2, 0.25) is 5.02 Å². The summed E-state index contributed by atoms with van der Waals surface area (Å²) in [5, 5.41) is 5.63. The molecule has 9 heteroatoms. The third kappa shape index (κ3) is 7.66. The Labute approximate surface area is 240 Å². The number of hydrogen-bond donors (Lipinski definition) is 1. The highest BCUT2D eigenvalue weighted by Crippen LogP contribution is 2.23. The van der Waals surface area contributed by atoms with Crippen molar-refractivity contribution in [2.24, 2.45) is 0 Å². The number of amides is 3. The summed E-state index contributed by atoms with van der Waals surface area (Å²) in [5.41, 5.74) is 0.870. The molecule has 0 aromatic heterocycles. The minimum absolute atomic E-state index is 0.0422. The topological polar surface area (TPSA) is 88.2 Å². The van der Waals surface area contributed by atoms with E-state index in [1.165, 1.54) is 4.90 Å². The molecule has 1 aliphatic heterocycles. The Kier molecular flexibility index (Phi) is 9.20. The van der Waals surface area contributed by atoms with Gasteiger partial charge in [-0.2, -0.15) is 0 Å². The maximum Gasteiger partial charge on any atom is 0.410 e. The zero-order valence-electron chi connectivity index (χ0n) is 23.4. The van der Waals surface area contributed by atoms with Gasteiger partial charge < -0.3 is 24.6 Å². The first-order valence-electron chi connectivity index (χ1n) is 13.5. The number of halogens is 1. The lowest BCUT2D eigenvalue weighted by Gasteiger charge is -2.40. The van der Waals surface area contributed by atoms with E-state index in [0.717, 1.165) is 22.1 Å². The Bertz CT molecular complexity index is 1390. The van der Waals surface area contributed by atoms with Crippen molar-refractivity contribution in [1.29, 1.82) is 0 Å². The molecule has 1 unspecified atom stereocenters. The minimum Gasteiger partial charge on any atom is -0.493 e. The molecule has 1 aliphatic rings. The molecule has 0 aliphatic carbocycles. The maximum atomic E-state index is 13.5. The van der Waals surface area contributed by atoms with E-state index in [4.69, 9.17) is 21.1 Å². The zero-order valence-corrected chi connectivity index (χ0v) is 24.2. The number of hydrogen-bond acceptors (Lipinski definition) is 5. The van der Waals surface area contributed by atoms with Gasteiger partial charge in [0.1, 0.15) is 17.4 Å². The minimum atomic E-state index is -0.861. The highest BCUT2D eigenvalue weighted by molar-refractivity contribution is 6.30. The van der Waals surface area contributed by atoms with Crippen molar-refractivity contribution in [2.75, 3.05) is 31.6 Å². The fourth-order valence-electron chi connectivity index (χ4n) is 4.61. The largest absolute Gasteiger partial charge is 0.493 e. The molecule has 1 atom stereocenters. The van der Waals surface area contributed by atoms with E-state index in [0.29, 0.717) is 23.7 Å². The molecule has 8 nitrogen and oxygen atoms in total. The van der Waals surface area contributed by atoms with Crippen molar-refractivity contribution >= 4 is 46.0 Å². The van der Waals surface area contributed by atoms with Crippen LogP contribution in [-0.4, -0.2) is 65.6 Å². The van der Waals surface area contributed by atoms with Gasteiger partial charge in [-0.1, -0.05) is 41.9 Å². The molecular weight excluding hydrogens is 530 g/mol. The van der Waals surface area contributed by atoms with E-state index in [1.807, 2.05) is 61.5 Å². The van der Waals surface area contributed by atoms with Gasteiger partial charge in [0, 0.05) is 30.2 Å². The normalized spacial score (nSPS) is 15.6. The van der Waals surface area contributed by atoms with E-state index in [2.05, 4.69) is 5.32 Å². The van der Waals surface area contributed by atoms with Crippen molar-refractivity contribution in [1.82, 2.24) is 9.80 Å². The SMILES string of the molecule is Cc1cc(Cl)ccc1OCCCC(=O)N1CCN(C(=O)OC(C)(C)C)CC1C(=O)Nc1ccc2ccccc2c1. The van der Waals surface area contributed by atoms with Crippen LogP contribution in [0.1, 0.15) is 39.2 Å². The Hall–Kier alpha value is -3.78. The number of nitrogens with one attached hydrogen (secondary N) is 1. The van der Waals surface area contributed by atoms with Gasteiger partial charge in [-0.25, -0.2) is 4.79 Å². The van der Waals surface area contributed by atoms with Crippen molar-refractivity contribution in [3.8, 4) is 5.75 Å². The predicted molar refractivity (Wildman–Crippen MR) is 157 cm³/mol. The summed E-state index contributed by atoms with van der Waals surface area (Å²) in [6.45, 7) is 8.19. The molecule has 1 N–H and O–H groups in total. The zero-order chi connectivity index (χ0) is 28.9. The van der Waals surface area contributed by atoms with E-state index >= 15 is 0 Å². The van der Waals surface area contributed by atoms with Gasteiger partial charge in [-0.15, -0.1) is 0 Å². The van der Waals surface area contributed by atoms with Crippen molar-refractivity contribution in [3.05, 3.63) is 71.2 Å². The summed E-state index contributed by atoms with van der Waals surface area (Å²) in [7, 11) is 0. The number of ether oxygens (including phenoxy) is 2. The second-order valence-corrected chi connectivity index (χ2v) is 11.4. The Morgan fingerprint density at radius 2 is 1.75 bits per heavy atom. The molecule has 3 aromatic carbocycles. The van der Waals surface area contributed by atoms with Gasteiger partial charge in [-0.3, -0.25) is 9.59 Å². The van der Waals surface area contributed by atoms with Gasteiger partial charge in [0.15, 0.2) is 0 Å². The lowest BCUT2D eigenvalue weighted by atomic mass is 10.1. The number of carbonyl (C=O) groups excluding carboxylic acids is 3. The third-order valence-electron chi connectivity index (χ3n) is 6.60. The molecule has 0 spiro atoms. The number of nitrogens with zero attached hydrogens (tertiary/aromatic N) is 2. The first-order chi connectivity index (χ1) is 19.0. The fraction of sp³-hybridized carbons (Fsp3) is 0.387. The standard InChI is InChI=1S/C31H36ClN3O5/c1-21-18-24(32)12-14-27(21)39-17-7-10-28(36)35-16-15-34(30(38)40-31(2,3)4)20-26(35)29(37)33-25-13-11-22-8-5-6-9-23(22)19-25/h5-6,8-9,11-14,18-19,26H,7,10,15-17,20H2,1-4H3,(H,33,37). The number of aryl methyl sites for hydroxylation is 1. The molecule has 212 valence electrons.